The third-order valence-corrected chi connectivity index (χ3v) is 4.11. The molecular formula is C19H16O2. The summed E-state index contributed by atoms with van der Waals surface area (Å²) in [5.41, 5.74) is 0.537. The fourth-order valence-corrected chi connectivity index (χ4v) is 2.83. The van der Waals surface area contributed by atoms with Crippen LogP contribution in [0.5, 0.6) is 0 Å². The van der Waals surface area contributed by atoms with Crippen molar-refractivity contribution in [2.45, 2.75) is 12.3 Å². The maximum atomic E-state index is 12.1. The number of aliphatic carboxylic acids is 1. The number of benzene rings is 3. The third kappa shape index (κ3) is 2.09. The van der Waals surface area contributed by atoms with Crippen LogP contribution in [0.15, 0.2) is 72.8 Å². The molecule has 0 fully saturated rings. The van der Waals surface area contributed by atoms with Crippen molar-refractivity contribution in [2.75, 3.05) is 0 Å². The second kappa shape index (κ2) is 5.06. The normalized spacial score (nSPS) is 13.8. The van der Waals surface area contributed by atoms with Gasteiger partial charge >= 0.3 is 5.97 Å². The monoisotopic (exact) mass is 276 g/mol. The van der Waals surface area contributed by atoms with Gasteiger partial charge in [-0.1, -0.05) is 72.8 Å². The molecule has 0 saturated heterocycles. The Labute approximate surface area is 123 Å². The van der Waals surface area contributed by atoms with E-state index < -0.39 is 11.4 Å². The molecule has 0 saturated carbocycles. The molecule has 0 aliphatic rings. The topological polar surface area (TPSA) is 37.3 Å². The highest BCUT2D eigenvalue weighted by molar-refractivity contribution is 5.95. The molecule has 21 heavy (non-hydrogen) atoms. The van der Waals surface area contributed by atoms with Gasteiger partial charge in [0.2, 0.25) is 0 Å². The van der Waals surface area contributed by atoms with Crippen LogP contribution in [0.3, 0.4) is 0 Å². The van der Waals surface area contributed by atoms with E-state index in [0.717, 1.165) is 21.9 Å². The fourth-order valence-electron chi connectivity index (χ4n) is 2.83. The van der Waals surface area contributed by atoms with Crippen LogP contribution < -0.4 is 0 Å². The summed E-state index contributed by atoms with van der Waals surface area (Å²) in [6.07, 6.45) is 0. The summed E-state index contributed by atoms with van der Waals surface area (Å²) in [6, 6.07) is 23.1. The molecule has 0 spiro atoms. The van der Waals surface area contributed by atoms with Crippen LogP contribution in [-0.4, -0.2) is 11.1 Å². The van der Waals surface area contributed by atoms with Crippen molar-refractivity contribution in [1.82, 2.24) is 0 Å². The van der Waals surface area contributed by atoms with Gasteiger partial charge in [0, 0.05) is 0 Å². The average Bonchev–Trinajstić information content (AvgIpc) is 2.54. The highest BCUT2D eigenvalue weighted by atomic mass is 16.4. The van der Waals surface area contributed by atoms with E-state index >= 15 is 0 Å². The van der Waals surface area contributed by atoms with E-state index in [9.17, 15) is 9.90 Å². The molecule has 3 rings (SSSR count). The van der Waals surface area contributed by atoms with Crippen LogP contribution in [0.2, 0.25) is 0 Å². The smallest absolute Gasteiger partial charge is 0.318 e. The number of hydrogen-bond donors (Lipinski definition) is 1. The minimum absolute atomic E-state index is 0.786. The predicted molar refractivity (Wildman–Crippen MR) is 84.5 cm³/mol. The number of carbonyl (C=O) groups is 1. The lowest BCUT2D eigenvalue weighted by atomic mass is 9.74. The van der Waals surface area contributed by atoms with E-state index in [2.05, 4.69) is 0 Å². The van der Waals surface area contributed by atoms with Gasteiger partial charge in [-0.2, -0.15) is 0 Å². The number of hydrogen-bond acceptors (Lipinski definition) is 1. The molecule has 0 bridgehead atoms. The lowest BCUT2D eigenvalue weighted by Gasteiger charge is -2.27. The SMILES string of the molecule is CC(C(=O)O)(c1ccccc1)c1cccc2ccccc12. The summed E-state index contributed by atoms with van der Waals surface area (Å²) in [6.45, 7) is 1.77. The maximum Gasteiger partial charge on any atom is 0.318 e. The molecule has 1 N–H and O–H groups in total. The van der Waals surface area contributed by atoms with Gasteiger partial charge in [0.15, 0.2) is 0 Å². The van der Waals surface area contributed by atoms with Gasteiger partial charge < -0.3 is 5.11 Å². The van der Waals surface area contributed by atoms with Gasteiger partial charge in [-0.05, 0) is 28.8 Å². The first-order chi connectivity index (χ1) is 10.1. The van der Waals surface area contributed by atoms with E-state index in [1.165, 1.54) is 0 Å². The lowest BCUT2D eigenvalue weighted by Crippen LogP contribution is -2.33. The summed E-state index contributed by atoms with van der Waals surface area (Å²) in [5, 5.41) is 11.9. The number of fused-ring (bicyclic) bond motifs is 1. The molecule has 0 heterocycles. The molecule has 3 aromatic carbocycles. The first-order valence-corrected chi connectivity index (χ1v) is 6.91. The van der Waals surface area contributed by atoms with Crippen LogP contribution in [0.25, 0.3) is 10.8 Å². The largest absolute Gasteiger partial charge is 0.480 e. The molecule has 0 aliphatic carbocycles. The number of carboxylic acids is 1. The van der Waals surface area contributed by atoms with E-state index in [-0.39, 0.29) is 0 Å². The Morgan fingerprint density at radius 2 is 1.48 bits per heavy atom. The molecule has 104 valence electrons. The van der Waals surface area contributed by atoms with Crippen molar-refractivity contribution in [3.8, 4) is 0 Å². The summed E-state index contributed by atoms with van der Waals surface area (Å²) in [4.78, 5) is 12.1. The molecule has 2 heteroatoms. The first-order valence-electron chi connectivity index (χ1n) is 6.91. The van der Waals surface area contributed by atoms with Crippen LogP contribution >= 0.6 is 0 Å². The van der Waals surface area contributed by atoms with Crippen molar-refractivity contribution in [3.05, 3.63) is 83.9 Å². The Bertz CT molecular complexity index is 788. The van der Waals surface area contributed by atoms with E-state index in [1.807, 2.05) is 72.8 Å². The zero-order valence-corrected chi connectivity index (χ0v) is 11.8. The Balaban J connectivity index is 2.34. The third-order valence-electron chi connectivity index (χ3n) is 4.11. The van der Waals surface area contributed by atoms with Crippen molar-refractivity contribution >= 4 is 16.7 Å². The second-order valence-electron chi connectivity index (χ2n) is 5.32. The van der Waals surface area contributed by atoms with Gasteiger partial charge in [-0.15, -0.1) is 0 Å². The molecule has 3 aromatic rings. The van der Waals surface area contributed by atoms with E-state index in [4.69, 9.17) is 0 Å². The zero-order chi connectivity index (χ0) is 14.9. The fraction of sp³-hybridized carbons (Fsp3) is 0.105. The van der Waals surface area contributed by atoms with Gasteiger partial charge in [0.05, 0.1) is 0 Å². The average molecular weight is 276 g/mol. The molecule has 1 atom stereocenters. The first kappa shape index (κ1) is 13.4. The quantitative estimate of drug-likeness (QED) is 0.777. The molecule has 1 unspecified atom stereocenters. The van der Waals surface area contributed by atoms with Gasteiger partial charge in [0.1, 0.15) is 5.41 Å². The molecule has 0 aliphatic heterocycles. The van der Waals surface area contributed by atoms with Gasteiger partial charge in [0.25, 0.3) is 0 Å². The standard InChI is InChI=1S/C19H16O2/c1-19(18(20)21,15-10-3-2-4-11-15)17-13-7-9-14-8-5-6-12-16(14)17/h2-13H,1H3,(H,20,21). The molecule has 0 aromatic heterocycles. The lowest BCUT2D eigenvalue weighted by molar-refractivity contribution is -0.141. The van der Waals surface area contributed by atoms with Crippen molar-refractivity contribution in [1.29, 1.82) is 0 Å². The van der Waals surface area contributed by atoms with Crippen LogP contribution in [0.4, 0.5) is 0 Å². The maximum absolute atomic E-state index is 12.1. The number of carboxylic acid groups (broad SMARTS) is 1. The summed E-state index contributed by atoms with van der Waals surface area (Å²) < 4.78 is 0. The summed E-state index contributed by atoms with van der Waals surface area (Å²) >= 11 is 0. The summed E-state index contributed by atoms with van der Waals surface area (Å²) in [5.74, 6) is -0.843. The molecule has 0 radical (unpaired) electrons. The van der Waals surface area contributed by atoms with Crippen LogP contribution in [-0.2, 0) is 10.2 Å². The van der Waals surface area contributed by atoms with Crippen LogP contribution in [0, 0.1) is 0 Å². The Morgan fingerprint density at radius 1 is 0.857 bits per heavy atom. The van der Waals surface area contributed by atoms with Crippen molar-refractivity contribution < 1.29 is 9.90 Å². The van der Waals surface area contributed by atoms with Crippen LogP contribution in [0.1, 0.15) is 18.1 Å². The van der Waals surface area contributed by atoms with E-state index in [0.29, 0.717) is 0 Å². The highest BCUT2D eigenvalue weighted by Crippen LogP contribution is 2.36. The molecular weight excluding hydrogens is 260 g/mol. The minimum atomic E-state index is -1.07. The minimum Gasteiger partial charge on any atom is -0.480 e. The summed E-state index contributed by atoms with van der Waals surface area (Å²) in [7, 11) is 0. The van der Waals surface area contributed by atoms with Crippen molar-refractivity contribution in [2.24, 2.45) is 0 Å². The van der Waals surface area contributed by atoms with Crippen molar-refractivity contribution in [3.63, 3.8) is 0 Å². The van der Waals surface area contributed by atoms with Gasteiger partial charge in [-0.3, -0.25) is 4.79 Å². The Morgan fingerprint density at radius 3 is 2.19 bits per heavy atom. The highest BCUT2D eigenvalue weighted by Gasteiger charge is 2.38. The van der Waals surface area contributed by atoms with Gasteiger partial charge in [-0.25, -0.2) is 0 Å². The molecule has 0 amide bonds. The zero-order valence-electron chi connectivity index (χ0n) is 11.8. The predicted octanol–water partition coefficient (Wildman–Crippen LogP) is 4.23. The Hall–Kier alpha value is -2.61. The molecule has 2 nitrogen and oxygen atoms in total. The second-order valence-corrected chi connectivity index (χ2v) is 5.32. The van der Waals surface area contributed by atoms with E-state index in [1.54, 1.807) is 6.92 Å². The number of rotatable bonds is 3. The Kier molecular flexibility index (Phi) is 3.22.